The van der Waals surface area contributed by atoms with Crippen LogP contribution in [0.15, 0.2) is 30.3 Å². The van der Waals surface area contributed by atoms with Crippen LogP contribution < -0.4 is 5.32 Å². The number of rotatable bonds is 3. The van der Waals surface area contributed by atoms with Gasteiger partial charge in [-0.3, -0.25) is 4.79 Å². The summed E-state index contributed by atoms with van der Waals surface area (Å²) in [5, 5.41) is 3.09. The number of carbonyl (C=O) groups is 1. The minimum Gasteiger partial charge on any atom is -0.352 e. The summed E-state index contributed by atoms with van der Waals surface area (Å²) in [4.78, 5) is 12.1. The molecule has 96 valence electrons. The van der Waals surface area contributed by atoms with Crippen molar-refractivity contribution < 1.29 is 4.79 Å². The van der Waals surface area contributed by atoms with E-state index in [2.05, 4.69) is 17.4 Å². The molecule has 3 rings (SSSR count). The average molecular weight is 243 g/mol. The molecule has 2 heteroatoms. The fraction of sp³-hybridized carbons (Fsp3) is 0.562. The van der Waals surface area contributed by atoms with Crippen molar-refractivity contribution in [2.45, 2.75) is 45.1 Å². The smallest absolute Gasteiger partial charge is 0.223 e. The Morgan fingerprint density at radius 1 is 1.17 bits per heavy atom. The van der Waals surface area contributed by atoms with E-state index < -0.39 is 0 Å². The highest BCUT2D eigenvalue weighted by molar-refractivity contribution is 5.82. The van der Waals surface area contributed by atoms with Crippen LogP contribution in [-0.4, -0.2) is 5.91 Å². The Morgan fingerprint density at radius 3 is 2.61 bits per heavy atom. The van der Waals surface area contributed by atoms with Crippen LogP contribution in [0, 0.1) is 11.3 Å². The van der Waals surface area contributed by atoms with Gasteiger partial charge in [0.25, 0.3) is 0 Å². The zero-order chi connectivity index (χ0) is 12.4. The summed E-state index contributed by atoms with van der Waals surface area (Å²) in [5.74, 6) is 0.585. The van der Waals surface area contributed by atoms with Crippen molar-refractivity contribution in [1.29, 1.82) is 0 Å². The van der Waals surface area contributed by atoms with Crippen molar-refractivity contribution in [3.8, 4) is 0 Å². The first kappa shape index (κ1) is 11.8. The van der Waals surface area contributed by atoms with E-state index in [1.807, 2.05) is 18.2 Å². The molecule has 0 aliphatic heterocycles. The number of amides is 1. The average Bonchev–Trinajstić information content (AvgIpc) is 3.12. The van der Waals surface area contributed by atoms with E-state index in [1.165, 1.54) is 37.7 Å². The Morgan fingerprint density at radius 2 is 1.89 bits per heavy atom. The van der Waals surface area contributed by atoms with Crippen LogP contribution in [0.25, 0.3) is 0 Å². The molecule has 2 aliphatic rings. The Balaban J connectivity index is 1.51. The first-order valence-corrected chi connectivity index (χ1v) is 7.12. The molecule has 2 saturated carbocycles. The summed E-state index contributed by atoms with van der Waals surface area (Å²) in [5.41, 5.74) is 1.59. The standard InChI is InChI=1S/C16H21NO/c18-15(17-12-13-7-3-1-4-8-13)14-11-16(14)9-5-2-6-10-16/h1,3-4,7-8,14H,2,5-6,9-12H2,(H,17,18)/t14-/m0/s1. The zero-order valence-electron chi connectivity index (χ0n) is 10.8. The SMILES string of the molecule is O=C(NCc1ccccc1)[C@@H]1CC12CCCCC2. The molecular weight excluding hydrogens is 222 g/mol. The minimum absolute atomic E-state index is 0.278. The molecule has 0 radical (unpaired) electrons. The lowest BCUT2D eigenvalue weighted by Gasteiger charge is -2.22. The number of benzene rings is 1. The fourth-order valence-corrected chi connectivity index (χ4v) is 3.44. The van der Waals surface area contributed by atoms with Crippen LogP contribution in [0.2, 0.25) is 0 Å². The highest BCUT2D eigenvalue weighted by atomic mass is 16.2. The quantitative estimate of drug-likeness (QED) is 0.867. The second-order valence-corrected chi connectivity index (χ2v) is 5.88. The van der Waals surface area contributed by atoms with E-state index in [4.69, 9.17) is 0 Å². The molecule has 1 aromatic rings. The highest BCUT2D eigenvalue weighted by Gasteiger charge is 2.57. The second kappa shape index (κ2) is 4.75. The predicted molar refractivity (Wildman–Crippen MR) is 71.9 cm³/mol. The third-order valence-electron chi connectivity index (χ3n) is 4.67. The largest absolute Gasteiger partial charge is 0.352 e. The van der Waals surface area contributed by atoms with Crippen molar-refractivity contribution in [2.75, 3.05) is 0 Å². The Hall–Kier alpha value is -1.31. The summed E-state index contributed by atoms with van der Waals surface area (Å²) in [6, 6.07) is 10.2. The first-order valence-electron chi connectivity index (χ1n) is 7.12. The molecule has 18 heavy (non-hydrogen) atoms. The topological polar surface area (TPSA) is 29.1 Å². The van der Waals surface area contributed by atoms with E-state index in [0.717, 1.165) is 6.42 Å². The van der Waals surface area contributed by atoms with Crippen molar-refractivity contribution in [2.24, 2.45) is 11.3 Å². The lowest BCUT2D eigenvalue weighted by Crippen LogP contribution is -2.27. The molecule has 2 fully saturated rings. The van der Waals surface area contributed by atoms with Crippen LogP contribution in [0.4, 0.5) is 0 Å². The highest BCUT2D eigenvalue weighted by Crippen LogP contribution is 2.61. The Labute approximate surface area is 109 Å². The summed E-state index contributed by atoms with van der Waals surface area (Å²) in [6.45, 7) is 0.673. The lowest BCUT2D eigenvalue weighted by molar-refractivity contribution is -0.123. The van der Waals surface area contributed by atoms with Gasteiger partial charge in [-0.05, 0) is 30.2 Å². The number of nitrogens with one attached hydrogen (secondary N) is 1. The maximum absolute atomic E-state index is 12.1. The Kier molecular flexibility index (Phi) is 3.11. The van der Waals surface area contributed by atoms with E-state index in [0.29, 0.717) is 17.9 Å². The molecular formula is C16H21NO. The van der Waals surface area contributed by atoms with E-state index >= 15 is 0 Å². The van der Waals surface area contributed by atoms with Gasteiger partial charge in [0.15, 0.2) is 0 Å². The number of carbonyl (C=O) groups excluding carboxylic acids is 1. The van der Waals surface area contributed by atoms with Gasteiger partial charge in [0, 0.05) is 12.5 Å². The van der Waals surface area contributed by atoms with Gasteiger partial charge < -0.3 is 5.32 Å². The zero-order valence-corrected chi connectivity index (χ0v) is 10.8. The van der Waals surface area contributed by atoms with E-state index in [1.54, 1.807) is 0 Å². The summed E-state index contributed by atoms with van der Waals surface area (Å²) >= 11 is 0. The van der Waals surface area contributed by atoms with Crippen molar-refractivity contribution in [3.05, 3.63) is 35.9 Å². The Bertz CT molecular complexity index is 420. The molecule has 0 aromatic heterocycles. The summed E-state index contributed by atoms with van der Waals surface area (Å²) in [6.07, 6.45) is 7.69. The summed E-state index contributed by atoms with van der Waals surface area (Å²) < 4.78 is 0. The second-order valence-electron chi connectivity index (χ2n) is 5.88. The van der Waals surface area contributed by atoms with Crippen LogP contribution in [0.1, 0.15) is 44.1 Å². The van der Waals surface area contributed by atoms with Crippen molar-refractivity contribution in [3.63, 3.8) is 0 Å². The lowest BCUT2D eigenvalue weighted by atomic mass is 9.84. The molecule has 0 saturated heterocycles. The molecule has 2 aliphatic carbocycles. The molecule has 1 N–H and O–H groups in total. The van der Waals surface area contributed by atoms with Gasteiger partial charge >= 0.3 is 0 Å². The molecule has 2 nitrogen and oxygen atoms in total. The molecule has 1 atom stereocenters. The molecule has 0 unspecified atom stereocenters. The summed E-state index contributed by atoms with van der Waals surface area (Å²) in [7, 11) is 0. The third-order valence-corrected chi connectivity index (χ3v) is 4.67. The normalized spacial score (nSPS) is 24.8. The molecule has 0 heterocycles. The number of hydrogen-bond donors (Lipinski definition) is 1. The van der Waals surface area contributed by atoms with Gasteiger partial charge in [-0.15, -0.1) is 0 Å². The van der Waals surface area contributed by atoms with E-state index in [9.17, 15) is 4.79 Å². The maximum atomic E-state index is 12.1. The molecule has 1 amide bonds. The van der Waals surface area contributed by atoms with Gasteiger partial charge in [0.2, 0.25) is 5.91 Å². The molecule has 1 aromatic carbocycles. The maximum Gasteiger partial charge on any atom is 0.223 e. The van der Waals surface area contributed by atoms with Crippen molar-refractivity contribution >= 4 is 5.91 Å². The van der Waals surface area contributed by atoms with E-state index in [-0.39, 0.29) is 5.91 Å². The number of hydrogen-bond acceptors (Lipinski definition) is 1. The van der Waals surface area contributed by atoms with Crippen LogP contribution in [0.3, 0.4) is 0 Å². The first-order chi connectivity index (χ1) is 8.80. The monoisotopic (exact) mass is 243 g/mol. The van der Waals surface area contributed by atoms with Gasteiger partial charge in [-0.2, -0.15) is 0 Å². The molecule has 1 spiro atoms. The van der Waals surface area contributed by atoms with Crippen LogP contribution in [-0.2, 0) is 11.3 Å². The van der Waals surface area contributed by atoms with Gasteiger partial charge in [-0.1, -0.05) is 49.6 Å². The van der Waals surface area contributed by atoms with Crippen molar-refractivity contribution in [1.82, 2.24) is 5.32 Å². The minimum atomic E-state index is 0.278. The van der Waals surface area contributed by atoms with Gasteiger partial charge in [0.05, 0.1) is 0 Å². The van der Waals surface area contributed by atoms with Gasteiger partial charge in [0.1, 0.15) is 0 Å². The predicted octanol–water partition coefficient (Wildman–Crippen LogP) is 3.27. The van der Waals surface area contributed by atoms with Crippen LogP contribution >= 0.6 is 0 Å². The third kappa shape index (κ3) is 2.29. The van der Waals surface area contributed by atoms with Crippen LogP contribution in [0.5, 0.6) is 0 Å². The van der Waals surface area contributed by atoms with Gasteiger partial charge in [-0.25, -0.2) is 0 Å². The fourth-order valence-electron chi connectivity index (χ4n) is 3.44. The molecule has 0 bridgehead atoms.